The molecule has 0 aliphatic carbocycles. The van der Waals surface area contributed by atoms with E-state index in [1.165, 1.54) is 12.3 Å². The number of carbonyl (C=O) groups excluding carboxylic acids is 1. The predicted molar refractivity (Wildman–Crippen MR) is 124 cm³/mol. The van der Waals surface area contributed by atoms with Gasteiger partial charge in [-0.05, 0) is 49.9 Å². The Kier molecular flexibility index (Phi) is 6.57. The average Bonchev–Trinajstić information content (AvgIpc) is 3.08. The number of nitrogens with one attached hydrogen (secondary N) is 2. The molecule has 1 aromatic heterocycles. The highest BCUT2D eigenvalue weighted by Gasteiger charge is 2.23. The molecule has 0 unspecified atom stereocenters. The average molecular weight is 458 g/mol. The molecule has 0 bridgehead atoms. The fourth-order valence-electron chi connectivity index (χ4n) is 4.05. The van der Waals surface area contributed by atoms with Gasteiger partial charge in [0.1, 0.15) is 17.3 Å². The normalized spacial score (nSPS) is 16.5. The van der Waals surface area contributed by atoms with Gasteiger partial charge < -0.3 is 25.8 Å². The summed E-state index contributed by atoms with van der Waals surface area (Å²) in [6.45, 7) is 4.09. The van der Waals surface area contributed by atoms with E-state index < -0.39 is 0 Å². The summed E-state index contributed by atoms with van der Waals surface area (Å²) in [5, 5.41) is 10.4. The lowest BCUT2D eigenvalue weighted by Crippen LogP contribution is -2.29. The number of rotatable bonds is 6. The van der Waals surface area contributed by atoms with E-state index >= 15 is 0 Å². The number of amides is 1. The van der Waals surface area contributed by atoms with Gasteiger partial charge in [0, 0.05) is 72.3 Å². The summed E-state index contributed by atoms with van der Waals surface area (Å²) in [7, 11) is 1.85. The lowest BCUT2D eigenvalue weighted by atomic mass is 9.99. The fourth-order valence-corrected chi connectivity index (χ4v) is 5.14. The second-order valence-corrected chi connectivity index (χ2v) is 9.21. The Morgan fingerprint density at radius 1 is 1.41 bits per heavy atom. The largest absolute Gasteiger partial charge is 0.493 e. The van der Waals surface area contributed by atoms with Gasteiger partial charge in [0.05, 0.1) is 6.61 Å². The molecule has 32 heavy (non-hydrogen) atoms. The molecule has 0 fully saturated rings. The number of carbonyl (C=O) groups is 1. The first-order valence-corrected chi connectivity index (χ1v) is 11.4. The quantitative estimate of drug-likeness (QED) is 0.457. The molecule has 170 valence electrons. The molecule has 4 rings (SSSR count). The zero-order valence-electron chi connectivity index (χ0n) is 18.3. The first-order valence-electron chi connectivity index (χ1n) is 10.7. The van der Waals surface area contributed by atoms with Crippen LogP contribution in [0.5, 0.6) is 5.75 Å². The Balaban J connectivity index is 1.47. The van der Waals surface area contributed by atoms with Gasteiger partial charge in [-0.1, -0.05) is 0 Å². The summed E-state index contributed by atoms with van der Waals surface area (Å²) in [6.07, 6.45) is 3.61. The van der Waals surface area contributed by atoms with Gasteiger partial charge in [0.25, 0.3) is 5.91 Å². The lowest BCUT2D eigenvalue weighted by molar-refractivity contribution is 0.0942. The molecule has 2 aliphatic heterocycles. The molecule has 2 aromatic rings. The van der Waals surface area contributed by atoms with E-state index in [-0.39, 0.29) is 18.3 Å². The molecule has 0 saturated carbocycles. The van der Waals surface area contributed by atoms with Crippen LogP contribution < -0.4 is 15.8 Å². The van der Waals surface area contributed by atoms with E-state index in [0.29, 0.717) is 36.6 Å². The molecule has 0 atom stereocenters. The number of aromatic nitrogens is 1. The highest BCUT2D eigenvalue weighted by atomic mass is 32.2. The summed E-state index contributed by atoms with van der Waals surface area (Å²) in [5.41, 5.74) is 10.4. The number of hydrogen-bond acceptors (Lipinski definition) is 6. The molecule has 7 nitrogen and oxygen atoms in total. The SMILES string of the molecule is Cc1c(SN2CCC(N)=C(C=N)C2)cc(C(=O)NCc2c(F)ccc3c2CCCO3)n1C. The zero-order chi connectivity index (χ0) is 22.8. The molecule has 1 amide bonds. The summed E-state index contributed by atoms with van der Waals surface area (Å²) in [6, 6.07) is 4.92. The minimum absolute atomic E-state index is 0.114. The maximum atomic E-state index is 14.5. The Hall–Kier alpha value is -2.78. The number of nitrogens with two attached hydrogens (primary N) is 1. The maximum absolute atomic E-state index is 14.5. The third kappa shape index (κ3) is 4.40. The van der Waals surface area contributed by atoms with E-state index in [9.17, 15) is 9.18 Å². The van der Waals surface area contributed by atoms with Crippen molar-refractivity contribution in [3.05, 3.63) is 57.8 Å². The third-order valence-electron chi connectivity index (χ3n) is 6.10. The van der Waals surface area contributed by atoms with Crippen LogP contribution in [0.25, 0.3) is 0 Å². The van der Waals surface area contributed by atoms with Crippen LogP contribution in [0.2, 0.25) is 0 Å². The highest BCUT2D eigenvalue weighted by Crippen LogP contribution is 2.32. The number of benzene rings is 1. The van der Waals surface area contributed by atoms with Crippen LogP contribution in [0.15, 0.2) is 34.4 Å². The first-order chi connectivity index (χ1) is 15.4. The van der Waals surface area contributed by atoms with Crippen molar-refractivity contribution in [3.8, 4) is 5.75 Å². The van der Waals surface area contributed by atoms with Crippen LogP contribution in [-0.2, 0) is 20.0 Å². The van der Waals surface area contributed by atoms with E-state index in [2.05, 4.69) is 9.62 Å². The van der Waals surface area contributed by atoms with Crippen molar-refractivity contribution in [1.82, 2.24) is 14.2 Å². The minimum Gasteiger partial charge on any atom is -0.493 e. The number of nitrogens with zero attached hydrogens (tertiary/aromatic N) is 2. The Labute approximate surface area is 191 Å². The second-order valence-electron chi connectivity index (χ2n) is 8.08. The van der Waals surface area contributed by atoms with Gasteiger partial charge in [-0.2, -0.15) is 0 Å². The monoisotopic (exact) mass is 457 g/mol. The molecule has 9 heteroatoms. The molecular weight excluding hydrogens is 429 g/mol. The van der Waals surface area contributed by atoms with Crippen LogP contribution >= 0.6 is 11.9 Å². The van der Waals surface area contributed by atoms with E-state index in [1.54, 1.807) is 18.0 Å². The van der Waals surface area contributed by atoms with Gasteiger partial charge in [-0.3, -0.25) is 4.79 Å². The van der Waals surface area contributed by atoms with Crippen molar-refractivity contribution in [2.24, 2.45) is 12.8 Å². The predicted octanol–water partition coefficient (Wildman–Crippen LogP) is 3.30. The smallest absolute Gasteiger partial charge is 0.268 e. The van der Waals surface area contributed by atoms with E-state index in [1.807, 2.05) is 24.6 Å². The lowest BCUT2D eigenvalue weighted by Gasteiger charge is -2.26. The van der Waals surface area contributed by atoms with Gasteiger partial charge in [0.15, 0.2) is 0 Å². The van der Waals surface area contributed by atoms with Crippen molar-refractivity contribution < 1.29 is 13.9 Å². The fraction of sp³-hybridized carbons (Fsp3) is 0.391. The molecule has 0 spiro atoms. The zero-order valence-corrected chi connectivity index (χ0v) is 19.2. The van der Waals surface area contributed by atoms with E-state index in [0.717, 1.165) is 46.8 Å². The maximum Gasteiger partial charge on any atom is 0.268 e. The number of fused-ring (bicyclic) bond motifs is 1. The van der Waals surface area contributed by atoms with Crippen LogP contribution in [0.4, 0.5) is 4.39 Å². The van der Waals surface area contributed by atoms with Gasteiger partial charge in [-0.25, -0.2) is 8.70 Å². The van der Waals surface area contributed by atoms with E-state index in [4.69, 9.17) is 15.9 Å². The molecule has 2 aliphatic rings. The van der Waals surface area contributed by atoms with Crippen molar-refractivity contribution in [2.45, 2.75) is 37.6 Å². The molecule has 4 N–H and O–H groups in total. The first kappa shape index (κ1) is 22.4. The standard InChI is InChI=1S/C23H28FN5O2S/c1-14-22(32-29-8-7-19(26)15(11-25)13-29)10-20(28(14)2)23(30)27-12-17-16-4-3-9-31-21(16)6-5-18(17)24/h5-6,10-11,25H,3-4,7-9,12-13,26H2,1-2H3,(H,27,30). The second kappa shape index (κ2) is 9.38. The summed E-state index contributed by atoms with van der Waals surface area (Å²) >= 11 is 1.56. The number of halogens is 1. The van der Waals surface area contributed by atoms with Crippen molar-refractivity contribution in [3.63, 3.8) is 0 Å². The molecular formula is C23H28FN5O2S. The topological polar surface area (TPSA) is 96.4 Å². The third-order valence-corrected chi connectivity index (χ3v) is 7.28. The van der Waals surface area contributed by atoms with Crippen molar-refractivity contribution in [2.75, 3.05) is 19.7 Å². The Morgan fingerprint density at radius 2 is 2.22 bits per heavy atom. The van der Waals surface area contributed by atoms with Gasteiger partial charge in [0.2, 0.25) is 0 Å². The van der Waals surface area contributed by atoms with Crippen LogP contribution in [0, 0.1) is 18.2 Å². The Bertz CT molecular complexity index is 1090. The molecule has 1 aromatic carbocycles. The minimum atomic E-state index is -0.326. The van der Waals surface area contributed by atoms with Crippen molar-refractivity contribution in [1.29, 1.82) is 5.41 Å². The summed E-state index contributed by atoms with van der Waals surface area (Å²) in [5.74, 6) is 0.128. The van der Waals surface area contributed by atoms with Crippen LogP contribution in [-0.4, -0.2) is 40.7 Å². The molecule has 0 radical (unpaired) electrons. The van der Waals surface area contributed by atoms with Gasteiger partial charge in [-0.15, -0.1) is 0 Å². The van der Waals surface area contributed by atoms with Crippen LogP contribution in [0.3, 0.4) is 0 Å². The highest BCUT2D eigenvalue weighted by molar-refractivity contribution is 7.97. The molecule has 0 saturated heterocycles. The number of hydrogen-bond donors (Lipinski definition) is 3. The molecule has 3 heterocycles. The van der Waals surface area contributed by atoms with Crippen LogP contribution in [0.1, 0.15) is 40.2 Å². The summed E-state index contributed by atoms with van der Waals surface area (Å²) in [4.78, 5) is 13.9. The summed E-state index contributed by atoms with van der Waals surface area (Å²) < 4.78 is 24.1. The number of ether oxygens (including phenoxy) is 1. The Morgan fingerprint density at radius 3 is 3.00 bits per heavy atom. The van der Waals surface area contributed by atoms with Crippen molar-refractivity contribution >= 4 is 24.1 Å². The van der Waals surface area contributed by atoms with Gasteiger partial charge >= 0.3 is 0 Å².